The first-order valence-corrected chi connectivity index (χ1v) is 5.62. The summed E-state index contributed by atoms with van der Waals surface area (Å²) in [5.74, 6) is 0. The zero-order valence-corrected chi connectivity index (χ0v) is 8.83. The number of rotatable bonds is 1. The second-order valence-corrected chi connectivity index (χ2v) is 4.62. The summed E-state index contributed by atoms with van der Waals surface area (Å²) in [6.45, 7) is 0. The Bertz CT molecular complexity index is 484. The molecule has 0 aliphatic heterocycles. The molecule has 0 saturated carbocycles. The second-order valence-electron chi connectivity index (χ2n) is 4.62. The van der Waals surface area contributed by atoms with E-state index in [0.29, 0.717) is 12.0 Å². The molecule has 0 amide bonds. The zero-order valence-electron chi connectivity index (χ0n) is 8.83. The van der Waals surface area contributed by atoms with Gasteiger partial charge in [-0.25, -0.2) is 4.39 Å². The molecule has 1 unspecified atom stereocenters. The number of aryl methyl sites for hydroxylation is 1. The van der Waals surface area contributed by atoms with Gasteiger partial charge in [0.2, 0.25) is 0 Å². The van der Waals surface area contributed by atoms with E-state index in [1.54, 1.807) is 0 Å². The summed E-state index contributed by atoms with van der Waals surface area (Å²) in [5.41, 5.74) is 3.65. The summed E-state index contributed by atoms with van der Waals surface area (Å²) in [6.07, 6.45) is 2.30. The fraction of sp³-hybridized carbons (Fsp3) is 0.500. The van der Waals surface area contributed by atoms with Gasteiger partial charge in [0.15, 0.2) is 0 Å². The fourth-order valence-corrected chi connectivity index (χ4v) is 2.99. The van der Waals surface area contributed by atoms with Crippen LogP contribution in [0.2, 0.25) is 0 Å². The van der Waals surface area contributed by atoms with Gasteiger partial charge in [0.1, 0.15) is 6.17 Å². The van der Waals surface area contributed by atoms with Crippen LogP contribution >= 0.6 is 0 Å². The molecule has 1 aromatic carbocycles. The summed E-state index contributed by atoms with van der Waals surface area (Å²) >= 11 is 0. The van der Waals surface area contributed by atoms with E-state index in [2.05, 4.69) is 0 Å². The summed E-state index contributed by atoms with van der Waals surface area (Å²) < 4.78 is 13.3. The third-order valence-electron chi connectivity index (χ3n) is 3.62. The number of hydrogen-bond acceptors (Lipinski definition) is 2. The molecule has 2 aliphatic carbocycles. The number of hydrogen-bond donors (Lipinski definition) is 0. The highest BCUT2D eigenvalue weighted by Crippen LogP contribution is 2.40. The molecule has 4 heteroatoms. The Labute approximate surface area is 92.4 Å². The van der Waals surface area contributed by atoms with Crippen molar-refractivity contribution in [3.63, 3.8) is 0 Å². The van der Waals surface area contributed by atoms with Crippen LogP contribution in [0.4, 0.5) is 10.1 Å². The Hall–Kier alpha value is -1.45. The van der Waals surface area contributed by atoms with E-state index in [1.165, 1.54) is 0 Å². The molecular formula is C12H12FNO2. The van der Waals surface area contributed by atoms with Crippen LogP contribution in [0.5, 0.6) is 0 Å². The van der Waals surface area contributed by atoms with Crippen LogP contribution in [0.25, 0.3) is 0 Å². The van der Waals surface area contributed by atoms with Crippen molar-refractivity contribution in [3.8, 4) is 0 Å². The molecule has 0 heterocycles. The Balaban J connectivity index is 2.25. The van der Waals surface area contributed by atoms with Gasteiger partial charge in [-0.15, -0.1) is 0 Å². The van der Waals surface area contributed by atoms with Gasteiger partial charge < -0.3 is 0 Å². The van der Waals surface area contributed by atoms with E-state index in [0.717, 1.165) is 36.0 Å². The van der Waals surface area contributed by atoms with Crippen molar-refractivity contribution >= 4 is 5.69 Å². The van der Waals surface area contributed by atoms with Crippen molar-refractivity contribution < 1.29 is 9.31 Å². The standard InChI is InChI=1S/C12H12FNO2/c13-9-5-8-4-7-2-1-3-10(7)12(14(15)16)11(8)6-9/h4,9H,1-3,5-6H2. The van der Waals surface area contributed by atoms with Crippen molar-refractivity contribution in [3.05, 3.63) is 38.4 Å². The highest BCUT2D eigenvalue weighted by molar-refractivity contribution is 5.59. The van der Waals surface area contributed by atoms with Crippen LogP contribution in [-0.4, -0.2) is 11.1 Å². The van der Waals surface area contributed by atoms with Crippen molar-refractivity contribution in [1.82, 2.24) is 0 Å². The van der Waals surface area contributed by atoms with Crippen LogP contribution in [0.15, 0.2) is 6.07 Å². The largest absolute Gasteiger partial charge is 0.276 e. The van der Waals surface area contributed by atoms with E-state index >= 15 is 0 Å². The van der Waals surface area contributed by atoms with Crippen molar-refractivity contribution in [2.45, 2.75) is 38.3 Å². The molecule has 84 valence electrons. The molecular weight excluding hydrogens is 209 g/mol. The third kappa shape index (κ3) is 1.25. The lowest BCUT2D eigenvalue weighted by atomic mass is 9.99. The van der Waals surface area contributed by atoms with E-state index in [4.69, 9.17) is 0 Å². The topological polar surface area (TPSA) is 43.1 Å². The van der Waals surface area contributed by atoms with Crippen LogP contribution in [0.3, 0.4) is 0 Å². The fourth-order valence-electron chi connectivity index (χ4n) is 2.99. The Morgan fingerprint density at radius 3 is 2.81 bits per heavy atom. The maximum atomic E-state index is 13.3. The monoisotopic (exact) mass is 221 g/mol. The Kier molecular flexibility index (Phi) is 1.99. The van der Waals surface area contributed by atoms with Gasteiger partial charge in [-0.1, -0.05) is 6.07 Å². The van der Waals surface area contributed by atoms with E-state index < -0.39 is 6.17 Å². The average Bonchev–Trinajstić information content (AvgIpc) is 2.77. The normalized spacial score (nSPS) is 21.9. The number of nitro benzene ring substituents is 1. The highest BCUT2D eigenvalue weighted by atomic mass is 19.1. The molecule has 2 aliphatic rings. The molecule has 0 radical (unpaired) electrons. The minimum atomic E-state index is -0.934. The molecule has 0 bridgehead atoms. The number of fused-ring (bicyclic) bond motifs is 2. The SMILES string of the molecule is O=[N+]([O-])c1c2c(cc3c1CC(F)C3)CCC2. The number of alkyl halides is 1. The molecule has 0 fully saturated rings. The maximum Gasteiger partial charge on any atom is 0.276 e. The van der Waals surface area contributed by atoms with Crippen LogP contribution in [0.1, 0.15) is 28.7 Å². The molecule has 0 spiro atoms. The van der Waals surface area contributed by atoms with E-state index in [9.17, 15) is 14.5 Å². The molecule has 0 saturated heterocycles. The first-order chi connectivity index (χ1) is 7.66. The van der Waals surface area contributed by atoms with Gasteiger partial charge in [0.25, 0.3) is 5.69 Å². The molecule has 0 N–H and O–H groups in total. The van der Waals surface area contributed by atoms with Crippen molar-refractivity contribution in [2.24, 2.45) is 0 Å². The molecule has 1 aromatic rings. The lowest BCUT2D eigenvalue weighted by molar-refractivity contribution is -0.386. The van der Waals surface area contributed by atoms with Gasteiger partial charge >= 0.3 is 0 Å². The van der Waals surface area contributed by atoms with Gasteiger partial charge in [0.05, 0.1) is 4.92 Å². The van der Waals surface area contributed by atoms with Gasteiger partial charge in [-0.05, 0) is 30.4 Å². The predicted molar refractivity (Wildman–Crippen MR) is 57.4 cm³/mol. The number of benzene rings is 1. The summed E-state index contributed by atoms with van der Waals surface area (Å²) in [4.78, 5) is 10.8. The quantitative estimate of drug-likeness (QED) is 0.540. The zero-order chi connectivity index (χ0) is 11.3. The van der Waals surface area contributed by atoms with E-state index in [-0.39, 0.29) is 17.0 Å². The number of nitro groups is 1. The van der Waals surface area contributed by atoms with Gasteiger partial charge in [-0.3, -0.25) is 10.1 Å². The summed E-state index contributed by atoms with van der Waals surface area (Å²) in [7, 11) is 0. The molecule has 1 atom stereocenters. The van der Waals surface area contributed by atoms with Crippen molar-refractivity contribution in [1.29, 1.82) is 0 Å². The first kappa shape index (κ1) is 9.75. The molecule has 3 rings (SSSR count). The summed E-state index contributed by atoms with van der Waals surface area (Å²) in [6, 6.07) is 1.99. The van der Waals surface area contributed by atoms with Crippen molar-refractivity contribution in [2.75, 3.05) is 0 Å². The van der Waals surface area contributed by atoms with Crippen LogP contribution < -0.4 is 0 Å². The lowest BCUT2D eigenvalue weighted by Gasteiger charge is -2.06. The Morgan fingerprint density at radius 2 is 2.06 bits per heavy atom. The number of nitrogens with zero attached hydrogens (tertiary/aromatic N) is 1. The number of halogens is 1. The van der Waals surface area contributed by atoms with Crippen LogP contribution in [0, 0.1) is 10.1 Å². The smallest absolute Gasteiger partial charge is 0.258 e. The average molecular weight is 221 g/mol. The van der Waals surface area contributed by atoms with Crippen LogP contribution in [-0.2, 0) is 25.7 Å². The highest BCUT2D eigenvalue weighted by Gasteiger charge is 2.34. The second kappa shape index (κ2) is 3.27. The molecule has 16 heavy (non-hydrogen) atoms. The Morgan fingerprint density at radius 1 is 1.25 bits per heavy atom. The first-order valence-electron chi connectivity index (χ1n) is 5.62. The molecule has 0 aromatic heterocycles. The lowest BCUT2D eigenvalue weighted by Crippen LogP contribution is -2.01. The van der Waals surface area contributed by atoms with E-state index in [1.807, 2.05) is 6.07 Å². The minimum absolute atomic E-state index is 0.213. The predicted octanol–water partition coefficient (Wildman–Crippen LogP) is 2.52. The minimum Gasteiger partial charge on any atom is -0.258 e. The van der Waals surface area contributed by atoms with Gasteiger partial charge in [0, 0.05) is 24.0 Å². The third-order valence-corrected chi connectivity index (χ3v) is 3.62. The molecule has 3 nitrogen and oxygen atoms in total. The van der Waals surface area contributed by atoms with Gasteiger partial charge in [-0.2, -0.15) is 0 Å². The summed E-state index contributed by atoms with van der Waals surface area (Å²) in [5, 5.41) is 11.1. The maximum absolute atomic E-state index is 13.3.